The first-order valence-electron chi connectivity index (χ1n) is 9.09. The highest BCUT2D eigenvalue weighted by atomic mass is 19.1. The first kappa shape index (κ1) is 18.4. The van der Waals surface area contributed by atoms with E-state index in [2.05, 4.69) is 12.1 Å². The van der Waals surface area contributed by atoms with Crippen LogP contribution in [0.3, 0.4) is 0 Å². The molecule has 3 nitrogen and oxygen atoms in total. The number of methoxy groups -OCH3 is 1. The van der Waals surface area contributed by atoms with Gasteiger partial charge in [-0.2, -0.15) is 0 Å². The zero-order valence-corrected chi connectivity index (χ0v) is 15.5. The maximum absolute atomic E-state index is 14.2. The molecule has 1 fully saturated rings. The van der Waals surface area contributed by atoms with Crippen LogP contribution in [-0.2, 0) is 9.53 Å². The van der Waals surface area contributed by atoms with Crippen LogP contribution in [0.25, 0.3) is 11.1 Å². The fourth-order valence-electron chi connectivity index (χ4n) is 3.50. The van der Waals surface area contributed by atoms with Crippen molar-refractivity contribution < 1.29 is 18.7 Å². The molecule has 0 radical (unpaired) electrons. The van der Waals surface area contributed by atoms with E-state index in [4.69, 9.17) is 9.47 Å². The minimum atomic E-state index is -0.254. The molecule has 0 heterocycles. The predicted octanol–water partition coefficient (Wildman–Crippen LogP) is 5.34. The summed E-state index contributed by atoms with van der Waals surface area (Å²) < 4.78 is 24.6. The predicted molar refractivity (Wildman–Crippen MR) is 99.7 cm³/mol. The van der Waals surface area contributed by atoms with Crippen molar-refractivity contribution in [3.8, 4) is 16.9 Å². The van der Waals surface area contributed by atoms with E-state index in [1.165, 1.54) is 18.7 Å². The quantitative estimate of drug-likeness (QED) is 0.656. The van der Waals surface area contributed by atoms with Crippen molar-refractivity contribution in [2.24, 2.45) is 5.92 Å². The molecule has 2 aromatic rings. The van der Waals surface area contributed by atoms with Crippen LogP contribution < -0.4 is 4.74 Å². The molecule has 0 aliphatic heterocycles. The maximum atomic E-state index is 14.2. The fraction of sp³-hybridized carbons (Fsp3) is 0.409. The highest BCUT2D eigenvalue weighted by Gasteiger charge is 2.31. The first-order valence-corrected chi connectivity index (χ1v) is 9.09. The van der Waals surface area contributed by atoms with Crippen molar-refractivity contribution in [3.05, 3.63) is 53.8 Å². The van der Waals surface area contributed by atoms with Gasteiger partial charge in [0.1, 0.15) is 11.6 Å². The van der Waals surface area contributed by atoms with Gasteiger partial charge in [0.25, 0.3) is 0 Å². The normalized spacial score (nSPS) is 19.1. The third-order valence-electron chi connectivity index (χ3n) is 4.92. The second-order valence-electron chi connectivity index (χ2n) is 7.24. The van der Waals surface area contributed by atoms with E-state index >= 15 is 0 Å². The molecule has 0 atom stereocenters. The van der Waals surface area contributed by atoms with E-state index in [9.17, 15) is 9.18 Å². The molecule has 0 bridgehead atoms. The second kappa shape index (κ2) is 7.90. The van der Waals surface area contributed by atoms with Crippen LogP contribution in [0.5, 0.6) is 5.75 Å². The molecule has 0 unspecified atom stereocenters. The summed E-state index contributed by atoms with van der Waals surface area (Å²) in [5.41, 5.74) is 2.63. The van der Waals surface area contributed by atoms with Crippen LogP contribution in [0.1, 0.15) is 44.6 Å². The summed E-state index contributed by atoms with van der Waals surface area (Å²) in [4.78, 5) is 11.3. The van der Waals surface area contributed by atoms with Crippen molar-refractivity contribution in [1.82, 2.24) is 0 Å². The molecule has 1 aliphatic rings. The van der Waals surface area contributed by atoms with Crippen molar-refractivity contribution in [2.45, 2.75) is 45.1 Å². The van der Waals surface area contributed by atoms with E-state index in [-0.39, 0.29) is 17.9 Å². The van der Waals surface area contributed by atoms with Gasteiger partial charge in [-0.05, 0) is 67.9 Å². The lowest BCUT2D eigenvalue weighted by Gasteiger charge is -2.35. The number of carbonyl (C=O) groups excluding carboxylic acids is 1. The third kappa shape index (κ3) is 4.24. The Bertz CT molecular complexity index is 761. The molecule has 0 spiro atoms. The van der Waals surface area contributed by atoms with Crippen molar-refractivity contribution >= 4 is 5.97 Å². The minimum absolute atomic E-state index is 0.0484. The van der Waals surface area contributed by atoms with Gasteiger partial charge in [-0.25, -0.2) is 4.39 Å². The van der Waals surface area contributed by atoms with Gasteiger partial charge in [0, 0.05) is 12.0 Å². The van der Waals surface area contributed by atoms with Gasteiger partial charge >= 0.3 is 5.97 Å². The van der Waals surface area contributed by atoms with Gasteiger partial charge in [0.2, 0.25) is 0 Å². The Hall–Kier alpha value is -2.36. The lowest BCUT2D eigenvalue weighted by Crippen LogP contribution is -2.24. The first-order chi connectivity index (χ1) is 12.5. The molecule has 0 N–H and O–H groups in total. The number of halogens is 1. The average Bonchev–Trinajstić information content (AvgIpc) is 2.59. The largest absolute Gasteiger partial charge is 0.491 e. The highest BCUT2D eigenvalue weighted by molar-refractivity contribution is 5.69. The Balaban J connectivity index is 1.68. The fourth-order valence-corrected chi connectivity index (χ4v) is 3.50. The summed E-state index contributed by atoms with van der Waals surface area (Å²) in [5, 5.41) is 0. The Morgan fingerprint density at radius 2 is 1.85 bits per heavy atom. The standard InChI is InChI=1S/C22H25FO3/c1-14(2)26-19-8-9-21(23)20(13-19)17-6-4-16(5-7-17)18-10-15(11-18)12-22(24)25-3/h4-9,13-15,18H,10-12H2,1-3H3. The SMILES string of the molecule is COC(=O)CC1CC(c2ccc(-c3cc(OC(C)C)ccc3F)cc2)C1. The van der Waals surface area contributed by atoms with E-state index in [0.29, 0.717) is 29.6 Å². The maximum Gasteiger partial charge on any atom is 0.305 e. The van der Waals surface area contributed by atoms with Crippen molar-refractivity contribution in [1.29, 1.82) is 0 Å². The Morgan fingerprint density at radius 1 is 1.15 bits per heavy atom. The summed E-state index contributed by atoms with van der Waals surface area (Å²) in [6, 6.07) is 12.9. The van der Waals surface area contributed by atoms with Crippen LogP contribution in [0.2, 0.25) is 0 Å². The topological polar surface area (TPSA) is 35.5 Å². The molecule has 1 saturated carbocycles. The minimum Gasteiger partial charge on any atom is -0.491 e. The average molecular weight is 356 g/mol. The van der Waals surface area contributed by atoms with Gasteiger partial charge in [-0.1, -0.05) is 24.3 Å². The summed E-state index contributed by atoms with van der Waals surface area (Å²) in [6.45, 7) is 3.90. The highest BCUT2D eigenvalue weighted by Crippen LogP contribution is 2.43. The van der Waals surface area contributed by atoms with Gasteiger partial charge in [0.15, 0.2) is 0 Å². The molecule has 0 amide bonds. The Kier molecular flexibility index (Phi) is 5.60. The van der Waals surface area contributed by atoms with E-state index in [1.807, 2.05) is 26.0 Å². The number of carbonyl (C=O) groups is 1. The molecule has 0 saturated heterocycles. The summed E-state index contributed by atoms with van der Waals surface area (Å²) in [7, 11) is 1.43. The number of benzene rings is 2. The summed E-state index contributed by atoms with van der Waals surface area (Å²) in [5.74, 6) is 1.16. The summed E-state index contributed by atoms with van der Waals surface area (Å²) >= 11 is 0. The van der Waals surface area contributed by atoms with E-state index < -0.39 is 0 Å². The summed E-state index contributed by atoms with van der Waals surface area (Å²) in [6.07, 6.45) is 2.55. The van der Waals surface area contributed by atoms with Crippen LogP contribution in [0.15, 0.2) is 42.5 Å². The zero-order chi connectivity index (χ0) is 18.7. The van der Waals surface area contributed by atoms with E-state index in [0.717, 1.165) is 18.4 Å². The molecular weight excluding hydrogens is 331 g/mol. The number of hydrogen-bond donors (Lipinski definition) is 0. The number of rotatable bonds is 6. The van der Waals surface area contributed by atoms with Crippen LogP contribution in [0, 0.1) is 11.7 Å². The molecule has 3 rings (SSSR count). The number of esters is 1. The molecule has 26 heavy (non-hydrogen) atoms. The smallest absolute Gasteiger partial charge is 0.305 e. The van der Waals surface area contributed by atoms with Gasteiger partial charge in [-0.3, -0.25) is 4.79 Å². The number of ether oxygens (including phenoxy) is 2. The van der Waals surface area contributed by atoms with Crippen LogP contribution >= 0.6 is 0 Å². The van der Waals surface area contributed by atoms with Crippen molar-refractivity contribution in [2.75, 3.05) is 7.11 Å². The molecule has 2 aromatic carbocycles. The van der Waals surface area contributed by atoms with Gasteiger partial charge in [-0.15, -0.1) is 0 Å². The van der Waals surface area contributed by atoms with E-state index in [1.54, 1.807) is 12.1 Å². The second-order valence-corrected chi connectivity index (χ2v) is 7.24. The third-order valence-corrected chi connectivity index (χ3v) is 4.92. The van der Waals surface area contributed by atoms with Crippen molar-refractivity contribution in [3.63, 3.8) is 0 Å². The Labute approximate surface area is 154 Å². The van der Waals surface area contributed by atoms with Crippen LogP contribution in [-0.4, -0.2) is 19.2 Å². The lowest BCUT2D eigenvalue weighted by atomic mass is 9.70. The molecule has 0 aromatic heterocycles. The molecular formula is C22H25FO3. The molecule has 138 valence electrons. The zero-order valence-electron chi connectivity index (χ0n) is 15.5. The van der Waals surface area contributed by atoms with Crippen LogP contribution in [0.4, 0.5) is 4.39 Å². The molecule has 1 aliphatic carbocycles. The number of hydrogen-bond acceptors (Lipinski definition) is 3. The monoisotopic (exact) mass is 356 g/mol. The van der Waals surface area contributed by atoms with Gasteiger partial charge in [0.05, 0.1) is 13.2 Å². The molecule has 4 heteroatoms. The lowest BCUT2D eigenvalue weighted by molar-refractivity contribution is -0.142. The van der Waals surface area contributed by atoms with Gasteiger partial charge < -0.3 is 9.47 Å². The Morgan fingerprint density at radius 3 is 2.46 bits per heavy atom.